The largest absolute Gasteiger partial charge is 0.495 e. The van der Waals surface area contributed by atoms with Crippen LogP contribution in [0.5, 0.6) is 5.75 Å². The fourth-order valence-corrected chi connectivity index (χ4v) is 3.89. The molecule has 1 aliphatic rings. The first kappa shape index (κ1) is 16.3. The van der Waals surface area contributed by atoms with Crippen molar-refractivity contribution in [3.8, 4) is 5.75 Å². The van der Waals surface area contributed by atoms with Crippen LogP contribution in [0.3, 0.4) is 0 Å². The highest BCUT2D eigenvalue weighted by atomic mass is 79.9. The Morgan fingerprint density at radius 1 is 1.43 bits per heavy atom. The quantitative estimate of drug-likeness (QED) is 0.613. The fourth-order valence-electron chi connectivity index (χ4n) is 2.27. The highest BCUT2D eigenvalue weighted by Crippen LogP contribution is 2.32. The second-order valence-corrected chi connectivity index (χ2v) is 7.62. The second-order valence-electron chi connectivity index (χ2n) is 5.03. The molecule has 0 fully saturated rings. The molecule has 0 aromatic heterocycles. The number of hydrogen-bond donors (Lipinski definition) is 2. The third-order valence-electron chi connectivity index (χ3n) is 3.51. The Morgan fingerprint density at radius 2 is 2.19 bits per heavy atom. The topological polar surface area (TPSA) is 81.4 Å². The number of nitrogens with one attached hydrogen (secondary N) is 1. The van der Waals surface area contributed by atoms with Gasteiger partial charge in [-0.05, 0) is 53.2 Å². The third kappa shape index (κ3) is 3.99. The van der Waals surface area contributed by atoms with Crippen molar-refractivity contribution in [2.24, 2.45) is 5.92 Å². The minimum atomic E-state index is -3.64. The normalized spacial score (nSPS) is 18.7. The summed E-state index contributed by atoms with van der Waals surface area (Å²) in [5.74, 6) is 0.607. The summed E-state index contributed by atoms with van der Waals surface area (Å²) < 4.78 is 33.3. The van der Waals surface area contributed by atoms with Gasteiger partial charge in [0.15, 0.2) is 0 Å². The molecule has 0 saturated carbocycles. The Bertz CT molecular complexity index is 644. The molecular formula is C14H19BrN2O3S. The molecule has 0 amide bonds. The molecule has 21 heavy (non-hydrogen) atoms. The number of allylic oxidation sites excluding steroid dienone is 2. The van der Waals surface area contributed by atoms with Crippen molar-refractivity contribution in [1.82, 2.24) is 4.72 Å². The van der Waals surface area contributed by atoms with E-state index < -0.39 is 10.0 Å². The maximum absolute atomic E-state index is 12.4. The number of benzene rings is 1. The maximum atomic E-state index is 12.4. The molecule has 5 nitrogen and oxygen atoms in total. The van der Waals surface area contributed by atoms with Gasteiger partial charge in [0.2, 0.25) is 10.0 Å². The van der Waals surface area contributed by atoms with Crippen LogP contribution in [0.15, 0.2) is 33.7 Å². The van der Waals surface area contributed by atoms with E-state index in [0.717, 1.165) is 19.3 Å². The summed E-state index contributed by atoms with van der Waals surface area (Å²) in [6.07, 6.45) is 7.13. The first-order valence-corrected chi connectivity index (χ1v) is 8.99. The van der Waals surface area contributed by atoms with E-state index >= 15 is 0 Å². The lowest BCUT2D eigenvalue weighted by atomic mass is 9.95. The number of rotatable bonds is 5. The van der Waals surface area contributed by atoms with Gasteiger partial charge in [-0.2, -0.15) is 0 Å². The number of anilines is 1. The molecule has 0 aliphatic heterocycles. The van der Waals surface area contributed by atoms with E-state index in [9.17, 15) is 8.42 Å². The van der Waals surface area contributed by atoms with Gasteiger partial charge in [-0.25, -0.2) is 13.1 Å². The van der Waals surface area contributed by atoms with E-state index in [-0.39, 0.29) is 10.6 Å². The molecule has 0 heterocycles. The van der Waals surface area contributed by atoms with Crippen molar-refractivity contribution in [1.29, 1.82) is 0 Å². The molecule has 116 valence electrons. The van der Waals surface area contributed by atoms with Crippen LogP contribution < -0.4 is 15.2 Å². The Balaban J connectivity index is 2.18. The van der Waals surface area contributed by atoms with Crippen LogP contribution in [-0.4, -0.2) is 22.1 Å². The predicted octanol–water partition coefficient (Wildman–Crippen LogP) is 2.67. The number of nitrogen functional groups attached to an aromatic ring is 1. The highest BCUT2D eigenvalue weighted by Gasteiger charge is 2.22. The number of nitrogens with two attached hydrogens (primary N) is 1. The minimum Gasteiger partial charge on any atom is -0.495 e. The number of hydrogen-bond acceptors (Lipinski definition) is 4. The van der Waals surface area contributed by atoms with Crippen molar-refractivity contribution in [2.75, 3.05) is 19.4 Å². The SMILES string of the molecule is COc1cc(Br)c(N)cc1S(=O)(=O)NCC1CC=CCC1. The molecule has 1 atom stereocenters. The summed E-state index contributed by atoms with van der Waals surface area (Å²) in [5.41, 5.74) is 6.13. The van der Waals surface area contributed by atoms with Crippen LogP contribution in [0.25, 0.3) is 0 Å². The lowest BCUT2D eigenvalue weighted by Gasteiger charge is -2.19. The van der Waals surface area contributed by atoms with Gasteiger partial charge in [0.1, 0.15) is 10.6 Å². The first-order valence-electron chi connectivity index (χ1n) is 6.71. The third-order valence-corrected chi connectivity index (χ3v) is 5.64. The summed E-state index contributed by atoms with van der Waals surface area (Å²) in [7, 11) is -2.21. The van der Waals surface area contributed by atoms with Crippen LogP contribution in [0.1, 0.15) is 19.3 Å². The van der Waals surface area contributed by atoms with E-state index in [1.54, 1.807) is 6.07 Å². The summed E-state index contributed by atoms with van der Waals surface area (Å²) in [6, 6.07) is 2.97. The van der Waals surface area contributed by atoms with Gasteiger partial charge in [-0.1, -0.05) is 12.2 Å². The summed E-state index contributed by atoms with van der Waals surface area (Å²) >= 11 is 3.26. The van der Waals surface area contributed by atoms with Gasteiger partial charge >= 0.3 is 0 Å². The second kappa shape index (κ2) is 6.81. The van der Waals surface area contributed by atoms with Gasteiger partial charge < -0.3 is 10.5 Å². The zero-order valence-corrected chi connectivity index (χ0v) is 14.2. The Kier molecular flexibility index (Phi) is 5.29. The maximum Gasteiger partial charge on any atom is 0.244 e. The van der Waals surface area contributed by atoms with Crippen LogP contribution in [0, 0.1) is 5.92 Å². The van der Waals surface area contributed by atoms with Crippen molar-refractivity contribution >= 4 is 31.6 Å². The Labute approximate surface area is 133 Å². The van der Waals surface area contributed by atoms with Crippen LogP contribution in [-0.2, 0) is 10.0 Å². The van der Waals surface area contributed by atoms with E-state index in [1.165, 1.54) is 13.2 Å². The molecule has 7 heteroatoms. The molecule has 0 spiro atoms. The average Bonchev–Trinajstić information content (AvgIpc) is 2.48. The summed E-state index contributed by atoms with van der Waals surface area (Å²) in [4.78, 5) is 0.0667. The Morgan fingerprint density at radius 3 is 2.81 bits per heavy atom. The molecule has 0 radical (unpaired) electrons. The van der Waals surface area contributed by atoms with Gasteiger partial charge in [-0.3, -0.25) is 0 Å². The smallest absolute Gasteiger partial charge is 0.244 e. The van der Waals surface area contributed by atoms with Crippen LogP contribution in [0.4, 0.5) is 5.69 Å². The van der Waals surface area contributed by atoms with Crippen molar-refractivity contribution in [3.05, 3.63) is 28.8 Å². The zero-order valence-electron chi connectivity index (χ0n) is 11.8. The molecule has 1 unspecified atom stereocenters. The molecule has 3 N–H and O–H groups in total. The fraction of sp³-hybridized carbons (Fsp3) is 0.429. The first-order chi connectivity index (χ1) is 9.94. The number of sulfonamides is 1. The predicted molar refractivity (Wildman–Crippen MR) is 86.8 cm³/mol. The molecule has 0 bridgehead atoms. The molecule has 0 saturated heterocycles. The van der Waals surface area contributed by atoms with Crippen LogP contribution in [0.2, 0.25) is 0 Å². The average molecular weight is 375 g/mol. The molecule has 1 aliphatic carbocycles. The van der Waals surface area contributed by atoms with E-state index in [4.69, 9.17) is 10.5 Å². The molecular weight excluding hydrogens is 356 g/mol. The molecule has 1 aromatic carbocycles. The molecule has 1 aromatic rings. The van der Waals surface area contributed by atoms with E-state index in [1.807, 2.05) is 0 Å². The summed E-state index contributed by atoms with van der Waals surface area (Å²) in [5, 5.41) is 0. The lowest BCUT2D eigenvalue weighted by Crippen LogP contribution is -2.30. The van der Waals surface area contributed by atoms with Gasteiger partial charge in [0, 0.05) is 16.7 Å². The van der Waals surface area contributed by atoms with Gasteiger partial charge in [0.25, 0.3) is 0 Å². The van der Waals surface area contributed by atoms with E-state index in [2.05, 4.69) is 32.8 Å². The molecule has 2 rings (SSSR count). The number of halogens is 1. The number of ether oxygens (including phenoxy) is 1. The van der Waals surface area contributed by atoms with Crippen molar-refractivity contribution < 1.29 is 13.2 Å². The van der Waals surface area contributed by atoms with Crippen molar-refractivity contribution in [3.63, 3.8) is 0 Å². The lowest BCUT2D eigenvalue weighted by molar-refractivity contribution is 0.401. The van der Waals surface area contributed by atoms with Crippen LogP contribution >= 0.6 is 15.9 Å². The Hall–Kier alpha value is -1.05. The van der Waals surface area contributed by atoms with Gasteiger partial charge in [0.05, 0.1) is 7.11 Å². The minimum absolute atomic E-state index is 0.0667. The summed E-state index contributed by atoms with van der Waals surface area (Å²) in [6.45, 7) is 0.422. The van der Waals surface area contributed by atoms with E-state index in [0.29, 0.717) is 22.6 Å². The van der Waals surface area contributed by atoms with Crippen molar-refractivity contribution in [2.45, 2.75) is 24.2 Å². The standard InChI is InChI=1S/C14H19BrN2O3S/c1-20-13-7-11(15)12(16)8-14(13)21(18,19)17-9-10-5-3-2-4-6-10/h2-3,7-8,10,17H,4-6,9,16H2,1H3. The monoisotopic (exact) mass is 374 g/mol. The zero-order chi connectivity index (χ0) is 15.5. The number of methoxy groups -OCH3 is 1. The van der Waals surface area contributed by atoms with Gasteiger partial charge in [-0.15, -0.1) is 0 Å². The highest BCUT2D eigenvalue weighted by molar-refractivity contribution is 9.10.